The molecule has 2 aromatic rings. The summed E-state index contributed by atoms with van der Waals surface area (Å²) in [6.45, 7) is 0.364. The highest BCUT2D eigenvalue weighted by Crippen LogP contribution is 2.28. The van der Waals surface area contributed by atoms with Crippen molar-refractivity contribution in [2.45, 2.75) is 6.61 Å². The molecule has 0 atom stereocenters. The Bertz CT molecular complexity index is 529. The molecule has 0 bridgehead atoms. The summed E-state index contributed by atoms with van der Waals surface area (Å²) < 4.78 is 5.59. The number of halogens is 2. The maximum atomic E-state index is 6.02. The average molecular weight is 268 g/mol. The van der Waals surface area contributed by atoms with Crippen molar-refractivity contribution in [3.63, 3.8) is 0 Å². The first-order valence-electron chi connectivity index (χ1n) is 5.08. The minimum Gasteiger partial charge on any atom is -0.487 e. The highest BCUT2D eigenvalue weighted by molar-refractivity contribution is 6.32. The van der Waals surface area contributed by atoms with Crippen molar-refractivity contribution in [3.05, 3.63) is 58.1 Å². The molecule has 88 valence electrons. The van der Waals surface area contributed by atoms with Gasteiger partial charge in [-0.1, -0.05) is 41.4 Å². The lowest BCUT2D eigenvalue weighted by Gasteiger charge is -2.09. The quantitative estimate of drug-likeness (QED) is 0.848. The second kappa shape index (κ2) is 5.30. The molecule has 0 amide bonds. The minimum absolute atomic E-state index is 0.364. The molecule has 0 spiro atoms. The Hall–Kier alpha value is -1.38. The zero-order valence-corrected chi connectivity index (χ0v) is 10.5. The molecule has 4 heteroatoms. The van der Waals surface area contributed by atoms with E-state index in [4.69, 9.17) is 33.7 Å². The Balaban J connectivity index is 2.12. The molecule has 17 heavy (non-hydrogen) atoms. The van der Waals surface area contributed by atoms with Crippen LogP contribution < -0.4 is 10.5 Å². The van der Waals surface area contributed by atoms with E-state index < -0.39 is 0 Å². The van der Waals surface area contributed by atoms with Crippen molar-refractivity contribution < 1.29 is 4.74 Å². The van der Waals surface area contributed by atoms with E-state index in [0.29, 0.717) is 28.1 Å². The van der Waals surface area contributed by atoms with Gasteiger partial charge in [-0.2, -0.15) is 0 Å². The standard InChI is InChI=1S/C13H11Cl2NO/c14-11-4-2-1-3-9(11)8-17-13-7-10(16)5-6-12(13)15/h1-7H,8,16H2. The normalized spacial score (nSPS) is 10.2. The molecule has 2 aromatic carbocycles. The van der Waals surface area contributed by atoms with Gasteiger partial charge in [-0.3, -0.25) is 0 Å². The summed E-state index contributed by atoms with van der Waals surface area (Å²) in [5.74, 6) is 0.562. The molecule has 0 saturated carbocycles. The van der Waals surface area contributed by atoms with Gasteiger partial charge in [0.1, 0.15) is 12.4 Å². The van der Waals surface area contributed by atoms with Crippen LogP contribution in [0.5, 0.6) is 5.75 Å². The predicted octanol–water partition coefficient (Wildman–Crippen LogP) is 4.15. The Morgan fingerprint density at radius 3 is 2.53 bits per heavy atom. The molecule has 0 heterocycles. The van der Waals surface area contributed by atoms with E-state index in [2.05, 4.69) is 0 Å². The molecule has 2 rings (SSSR count). The zero-order chi connectivity index (χ0) is 12.3. The number of nitrogens with two attached hydrogens (primary N) is 1. The number of benzene rings is 2. The number of anilines is 1. The first-order valence-corrected chi connectivity index (χ1v) is 5.83. The zero-order valence-electron chi connectivity index (χ0n) is 8.99. The monoisotopic (exact) mass is 267 g/mol. The van der Waals surface area contributed by atoms with Crippen molar-refractivity contribution in [3.8, 4) is 5.75 Å². The summed E-state index contributed by atoms with van der Waals surface area (Å²) in [6, 6.07) is 12.6. The van der Waals surface area contributed by atoms with Crippen molar-refractivity contribution >= 4 is 28.9 Å². The maximum absolute atomic E-state index is 6.02. The van der Waals surface area contributed by atoms with Gasteiger partial charge in [-0.05, 0) is 18.2 Å². The van der Waals surface area contributed by atoms with Gasteiger partial charge < -0.3 is 10.5 Å². The predicted molar refractivity (Wildman–Crippen MR) is 71.6 cm³/mol. The lowest BCUT2D eigenvalue weighted by atomic mass is 10.2. The maximum Gasteiger partial charge on any atom is 0.140 e. The van der Waals surface area contributed by atoms with Crippen LogP contribution in [0, 0.1) is 0 Å². The van der Waals surface area contributed by atoms with Gasteiger partial charge in [-0.15, -0.1) is 0 Å². The fourth-order valence-corrected chi connectivity index (χ4v) is 1.76. The molecule has 0 aliphatic heterocycles. The first kappa shape index (κ1) is 12.1. The number of ether oxygens (including phenoxy) is 1. The second-order valence-electron chi connectivity index (χ2n) is 3.57. The second-order valence-corrected chi connectivity index (χ2v) is 4.38. The molecule has 0 aliphatic carbocycles. The van der Waals surface area contributed by atoms with E-state index in [1.807, 2.05) is 24.3 Å². The van der Waals surface area contributed by atoms with Crippen LogP contribution in [0.4, 0.5) is 5.69 Å². The van der Waals surface area contributed by atoms with Crippen LogP contribution in [0.2, 0.25) is 10.0 Å². The summed E-state index contributed by atoms with van der Waals surface area (Å²) in [5.41, 5.74) is 7.19. The minimum atomic E-state index is 0.364. The summed E-state index contributed by atoms with van der Waals surface area (Å²) in [4.78, 5) is 0. The van der Waals surface area contributed by atoms with E-state index >= 15 is 0 Å². The Labute approximate surface area is 110 Å². The molecule has 0 aliphatic rings. The van der Waals surface area contributed by atoms with Crippen LogP contribution in [0.1, 0.15) is 5.56 Å². The van der Waals surface area contributed by atoms with Crippen LogP contribution in [-0.4, -0.2) is 0 Å². The molecule has 2 nitrogen and oxygen atoms in total. The van der Waals surface area contributed by atoms with Crippen molar-refractivity contribution in [1.82, 2.24) is 0 Å². The molecule has 0 saturated heterocycles. The fourth-order valence-electron chi connectivity index (χ4n) is 1.40. The smallest absolute Gasteiger partial charge is 0.140 e. The third-order valence-electron chi connectivity index (χ3n) is 2.30. The average Bonchev–Trinajstić information content (AvgIpc) is 2.32. The molecule has 2 N–H and O–H groups in total. The number of nitrogen functional groups attached to an aromatic ring is 1. The van der Waals surface area contributed by atoms with Crippen LogP contribution in [0.15, 0.2) is 42.5 Å². The summed E-state index contributed by atoms with van der Waals surface area (Å²) in [6.07, 6.45) is 0. The number of hydrogen-bond acceptors (Lipinski definition) is 2. The van der Waals surface area contributed by atoms with E-state index in [0.717, 1.165) is 5.56 Å². The molecule has 0 fully saturated rings. The van der Waals surface area contributed by atoms with Gasteiger partial charge in [-0.25, -0.2) is 0 Å². The van der Waals surface area contributed by atoms with Gasteiger partial charge in [0.15, 0.2) is 0 Å². The Kier molecular flexibility index (Phi) is 3.77. The number of hydrogen-bond donors (Lipinski definition) is 1. The van der Waals surface area contributed by atoms with Gasteiger partial charge in [0.05, 0.1) is 5.02 Å². The Morgan fingerprint density at radius 2 is 1.76 bits per heavy atom. The lowest BCUT2D eigenvalue weighted by Crippen LogP contribution is -1.97. The third-order valence-corrected chi connectivity index (χ3v) is 2.98. The summed E-state index contributed by atoms with van der Waals surface area (Å²) in [5, 5.41) is 1.21. The van der Waals surface area contributed by atoms with Gasteiger partial charge in [0.2, 0.25) is 0 Å². The summed E-state index contributed by atoms with van der Waals surface area (Å²) in [7, 11) is 0. The highest BCUT2D eigenvalue weighted by atomic mass is 35.5. The first-order chi connectivity index (χ1) is 8.16. The van der Waals surface area contributed by atoms with Gasteiger partial charge >= 0.3 is 0 Å². The van der Waals surface area contributed by atoms with E-state index in [1.54, 1.807) is 18.2 Å². The summed E-state index contributed by atoms with van der Waals surface area (Å²) >= 11 is 12.0. The van der Waals surface area contributed by atoms with Crippen molar-refractivity contribution in [2.75, 3.05) is 5.73 Å². The highest BCUT2D eigenvalue weighted by Gasteiger charge is 2.04. The SMILES string of the molecule is Nc1ccc(Cl)c(OCc2ccccc2Cl)c1. The fraction of sp³-hybridized carbons (Fsp3) is 0.0769. The number of rotatable bonds is 3. The van der Waals surface area contributed by atoms with Crippen molar-refractivity contribution in [2.24, 2.45) is 0 Å². The third kappa shape index (κ3) is 3.05. The lowest BCUT2D eigenvalue weighted by molar-refractivity contribution is 0.306. The molecular formula is C13H11Cl2NO. The van der Waals surface area contributed by atoms with E-state index in [1.165, 1.54) is 0 Å². The molecular weight excluding hydrogens is 257 g/mol. The van der Waals surface area contributed by atoms with E-state index in [-0.39, 0.29) is 0 Å². The largest absolute Gasteiger partial charge is 0.487 e. The van der Waals surface area contributed by atoms with Crippen LogP contribution in [-0.2, 0) is 6.61 Å². The molecule has 0 aromatic heterocycles. The van der Waals surface area contributed by atoms with Crippen LogP contribution >= 0.6 is 23.2 Å². The topological polar surface area (TPSA) is 35.2 Å². The van der Waals surface area contributed by atoms with Gasteiger partial charge in [0, 0.05) is 22.3 Å². The van der Waals surface area contributed by atoms with Crippen LogP contribution in [0.25, 0.3) is 0 Å². The van der Waals surface area contributed by atoms with E-state index in [9.17, 15) is 0 Å². The molecule has 0 unspecified atom stereocenters. The molecule has 0 radical (unpaired) electrons. The Morgan fingerprint density at radius 1 is 1.00 bits per heavy atom. The van der Waals surface area contributed by atoms with Gasteiger partial charge in [0.25, 0.3) is 0 Å². The van der Waals surface area contributed by atoms with Crippen LogP contribution in [0.3, 0.4) is 0 Å². The van der Waals surface area contributed by atoms with Crippen molar-refractivity contribution in [1.29, 1.82) is 0 Å².